The van der Waals surface area contributed by atoms with E-state index < -0.39 is 0 Å². The van der Waals surface area contributed by atoms with Gasteiger partial charge in [-0.05, 0) is 54.4 Å². The molecule has 0 radical (unpaired) electrons. The molecule has 4 heterocycles. The Kier molecular flexibility index (Phi) is 3.31. The Morgan fingerprint density at radius 3 is 2.88 bits per heavy atom. The molecule has 0 unspecified atom stereocenters. The molecule has 0 N–H and O–H groups in total. The monoisotopic (exact) mass is 349 g/mol. The van der Waals surface area contributed by atoms with Gasteiger partial charge in [0.05, 0.1) is 5.52 Å². The van der Waals surface area contributed by atoms with Gasteiger partial charge in [-0.3, -0.25) is 4.98 Å². The van der Waals surface area contributed by atoms with Gasteiger partial charge < -0.3 is 9.47 Å². The van der Waals surface area contributed by atoms with Crippen molar-refractivity contribution in [1.82, 2.24) is 14.5 Å². The van der Waals surface area contributed by atoms with Crippen molar-refractivity contribution in [2.24, 2.45) is 0 Å². The smallest absolute Gasteiger partial charge is 0.0565 e. The molecule has 1 aromatic carbocycles. The standard InChI is InChI=1S/C21H20ClN3/c1-13-3-4-14(10-23-13)16-7-15-8-17(22)9-18-19-12-24(2)6-5-20(19)25(11-16)21(15)18/h3-4,8-11H,5-7,12H2,1-2H3. The predicted octanol–water partition coefficient (Wildman–Crippen LogP) is 4.54. The lowest BCUT2D eigenvalue weighted by atomic mass is 9.96. The van der Waals surface area contributed by atoms with Crippen molar-refractivity contribution in [1.29, 1.82) is 0 Å². The molecule has 0 bridgehead atoms. The van der Waals surface area contributed by atoms with Gasteiger partial charge in [0.15, 0.2) is 0 Å². The molecule has 0 aliphatic carbocycles. The van der Waals surface area contributed by atoms with Crippen molar-refractivity contribution in [3.8, 4) is 0 Å². The molecule has 4 heteroatoms. The lowest BCUT2D eigenvalue weighted by molar-refractivity contribution is 0.312. The number of allylic oxidation sites excluding steroid dienone is 1. The molecule has 25 heavy (non-hydrogen) atoms. The minimum atomic E-state index is 0.832. The number of nitrogens with zero attached hydrogens (tertiary/aromatic N) is 3. The minimum Gasteiger partial charge on any atom is -0.319 e. The van der Waals surface area contributed by atoms with Crippen molar-refractivity contribution in [2.45, 2.75) is 26.3 Å². The summed E-state index contributed by atoms with van der Waals surface area (Å²) in [6.45, 7) is 4.12. The summed E-state index contributed by atoms with van der Waals surface area (Å²) in [6.07, 6.45) is 6.28. The maximum Gasteiger partial charge on any atom is 0.0565 e. The largest absolute Gasteiger partial charge is 0.319 e. The van der Waals surface area contributed by atoms with Crippen molar-refractivity contribution in [3.05, 3.63) is 63.6 Å². The summed E-state index contributed by atoms with van der Waals surface area (Å²) in [5.74, 6) is 0. The van der Waals surface area contributed by atoms with Crippen LogP contribution in [0.2, 0.25) is 5.02 Å². The second-order valence-corrected chi connectivity index (χ2v) is 7.70. The molecule has 0 saturated heterocycles. The first-order valence-electron chi connectivity index (χ1n) is 8.76. The fourth-order valence-corrected chi connectivity index (χ4v) is 4.46. The van der Waals surface area contributed by atoms with E-state index in [1.165, 1.54) is 38.9 Å². The Labute approximate surface area is 152 Å². The molecule has 2 aliphatic rings. The van der Waals surface area contributed by atoms with Crippen LogP contribution in [0.25, 0.3) is 22.7 Å². The van der Waals surface area contributed by atoms with E-state index in [9.17, 15) is 0 Å². The lowest BCUT2D eigenvalue weighted by Gasteiger charge is -2.24. The molecule has 2 aromatic heterocycles. The Bertz CT molecular complexity index is 1030. The maximum absolute atomic E-state index is 6.47. The van der Waals surface area contributed by atoms with Crippen LogP contribution in [0.15, 0.2) is 30.5 Å². The number of halogens is 1. The Hall–Kier alpha value is -2.10. The first-order chi connectivity index (χ1) is 12.1. The van der Waals surface area contributed by atoms with Gasteiger partial charge in [-0.1, -0.05) is 17.7 Å². The first-order valence-corrected chi connectivity index (χ1v) is 9.14. The zero-order valence-electron chi connectivity index (χ0n) is 14.5. The fraction of sp³-hybridized carbons (Fsp3) is 0.286. The zero-order chi connectivity index (χ0) is 17.1. The SMILES string of the molecule is Cc1ccc(C2=Cn3c4c(c5cc(Cl)cc(c53)C2)CN(C)CC4)cn1. The van der Waals surface area contributed by atoms with E-state index in [4.69, 9.17) is 11.6 Å². The van der Waals surface area contributed by atoms with Crippen LogP contribution in [0.1, 0.15) is 28.1 Å². The molecule has 0 amide bonds. The quantitative estimate of drug-likeness (QED) is 0.643. The number of hydrogen-bond donors (Lipinski definition) is 0. The third-order valence-corrected chi connectivity index (χ3v) is 5.68. The summed E-state index contributed by atoms with van der Waals surface area (Å²) in [5.41, 5.74) is 9.08. The summed E-state index contributed by atoms with van der Waals surface area (Å²) >= 11 is 6.47. The zero-order valence-corrected chi connectivity index (χ0v) is 15.3. The van der Waals surface area contributed by atoms with Crippen molar-refractivity contribution in [2.75, 3.05) is 13.6 Å². The molecule has 5 rings (SSSR count). The van der Waals surface area contributed by atoms with E-state index in [0.29, 0.717) is 0 Å². The number of aromatic nitrogens is 2. The van der Waals surface area contributed by atoms with E-state index >= 15 is 0 Å². The van der Waals surface area contributed by atoms with E-state index in [2.05, 4.69) is 52.0 Å². The van der Waals surface area contributed by atoms with E-state index in [-0.39, 0.29) is 0 Å². The fourth-order valence-electron chi connectivity index (χ4n) is 4.22. The summed E-state index contributed by atoms with van der Waals surface area (Å²) in [6, 6.07) is 8.52. The first kappa shape index (κ1) is 15.2. The van der Waals surface area contributed by atoms with Gasteiger partial charge in [0.1, 0.15) is 0 Å². The van der Waals surface area contributed by atoms with Crippen LogP contribution in [0, 0.1) is 6.92 Å². The third kappa shape index (κ3) is 2.34. The van der Waals surface area contributed by atoms with Crippen LogP contribution in [-0.4, -0.2) is 28.0 Å². The van der Waals surface area contributed by atoms with Gasteiger partial charge in [-0.2, -0.15) is 0 Å². The molecule has 126 valence electrons. The Balaban J connectivity index is 1.76. The Morgan fingerprint density at radius 2 is 2.08 bits per heavy atom. The average Bonchev–Trinajstić information content (AvgIpc) is 2.89. The number of likely N-dealkylation sites (N-methyl/N-ethyl adjacent to an activating group) is 1. The number of fused-ring (bicyclic) bond motifs is 3. The summed E-state index contributed by atoms with van der Waals surface area (Å²) in [4.78, 5) is 6.87. The highest BCUT2D eigenvalue weighted by Crippen LogP contribution is 2.40. The van der Waals surface area contributed by atoms with Crippen LogP contribution >= 0.6 is 11.6 Å². The van der Waals surface area contributed by atoms with E-state index in [1.807, 2.05) is 13.1 Å². The molecule has 0 spiro atoms. The van der Waals surface area contributed by atoms with E-state index in [1.54, 1.807) is 0 Å². The second-order valence-electron chi connectivity index (χ2n) is 7.26. The summed E-state index contributed by atoms with van der Waals surface area (Å²) in [7, 11) is 2.19. The highest BCUT2D eigenvalue weighted by atomic mass is 35.5. The second kappa shape index (κ2) is 5.45. The topological polar surface area (TPSA) is 21.1 Å². The van der Waals surface area contributed by atoms with Crippen LogP contribution < -0.4 is 0 Å². The molecular formula is C21H20ClN3. The molecule has 3 nitrogen and oxygen atoms in total. The number of pyridine rings is 1. The molecule has 0 saturated carbocycles. The van der Waals surface area contributed by atoms with Crippen LogP contribution in [-0.2, 0) is 19.4 Å². The van der Waals surface area contributed by atoms with Crippen LogP contribution in [0.5, 0.6) is 0 Å². The number of benzene rings is 1. The maximum atomic E-state index is 6.47. The van der Waals surface area contributed by atoms with Gasteiger partial charge in [-0.15, -0.1) is 0 Å². The molecular weight excluding hydrogens is 330 g/mol. The van der Waals surface area contributed by atoms with Gasteiger partial charge in [0.25, 0.3) is 0 Å². The molecule has 0 fully saturated rings. The van der Waals surface area contributed by atoms with Crippen molar-refractivity contribution in [3.63, 3.8) is 0 Å². The molecule has 2 aliphatic heterocycles. The average molecular weight is 350 g/mol. The highest BCUT2D eigenvalue weighted by molar-refractivity contribution is 6.31. The van der Waals surface area contributed by atoms with Gasteiger partial charge >= 0.3 is 0 Å². The number of rotatable bonds is 1. The predicted molar refractivity (Wildman–Crippen MR) is 104 cm³/mol. The lowest BCUT2D eigenvalue weighted by Crippen LogP contribution is -2.27. The summed E-state index contributed by atoms with van der Waals surface area (Å²) < 4.78 is 2.42. The van der Waals surface area contributed by atoms with Gasteiger partial charge in [0.2, 0.25) is 0 Å². The van der Waals surface area contributed by atoms with Gasteiger partial charge in [-0.25, -0.2) is 0 Å². The van der Waals surface area contributed by atoms with Crippen LogP contribution in [0.4, 0.5) is 0 Å². The minimum absolute atomic E-state index is 0.832. The van der Waals surface area contributed by atoms with Crippen molar-refractivity contribution < 1.29 is 0 Å². The van der Waals surface area contributed by atoms with Crippen LogP contribution in [0.3, 0.4) is 0 Å². The number of hydrogen-bond acceptors (Lipinski definition) is 2. The van der Waals surface area contributed by atoms with Crippen molar-refractivity contribution >= 4 is 34.3 Å². The van der Waals surface area contributed by atoms with E-state index in [0.717, 1.165) is 36.6 Å². The number of aryl methyl sites for hydroxylation is 1. The van der Waals surface area contributed by atoms with Gasteiger partial charge in [0, 0.05) is 60.1 Å². The normalized spacial score (nSPS) is 16.8. The molecule has 0 atom stereocenters. The summed E-state index contributed by atoms with van der Waals surface area (Å²) in [5, 5.41) is 2.15. The Morgan fingerprint density at radius 1 is 1.20 bits per heavy atom. The highest BCUT2D eigenvalue weighted by Gasteiger charge is 2.26. The molecule has 3 aromatic rings. The third-order valence-electron chi connectivity index (χ3n) is 5.47.